The molecule has 0 bridgehead atoms. The van der Waals surface area contributed by atoms with Crippen molar-refractivity contribution in [2.75, 3.05) is 4.72 Å². The molecular weight excluding hydrogens is 385 g/mol. The molecule has 11 heteroatoms. The number of halogens is 5. The topological polar surface area (TPSA) is 83.5 Å². The number of anilines is 1. The largest absolute Gasteiger partial charge is 0.506 e. The third kappa shape index (κ3) is 2.59. The quantitative estimate of drug-likeness (QED) is 0.364. The Balaban J connectivity index is 2.20. The van der Waals surface area contributed by atoms with Crippen molar-refractivity contribution in [2.24, 2.45) is 0 Å². The highest BCUT2D eigenvalue weighted by atomic mass is 32.2. The second-order valence-corrected chi connectivity index (χ2v) is 7.04. The Morgan fingerprint density at radius 3 is 2.00 bits per heavy atom. The molecule has 0 heterocycles. The fourth-order valence-electron chi connectivity index (χ4n) is 2.64. The van der Waals surface area contributed by atoms with E-state index < -0.39 is 61.2 Å². The molecule has 0 fully saturated rings. The van der Waals surface area contributed by atoms with Crippen LogP contribution in [0, 0.1) is 29.1 Å². The van der Waals surface area contributed by atoms with Crippen molar-refractivity contribution in [2.45, 2.75) is 17.7 Å². The Morgan fingerprint density at radius 2 is 1.42 bits per heavy atom. The van der Waals surface area contributed by atoms with Crippen molar-refractivity contribution in [3.63, 3.8) is 0 Å². The van der Waals surface area contributed by atoms with Gasteiger partial charge in [0.2, 0.25) is 5.82 Å². The summed E-state index contributed by atoms with van der Waals surface area (Å²) in [4.78, 5) is 9.77. The second-order valence-electron chi connectivity index (χ2n) is 5.42. The average molecular weight is 393 g/mol. The fraction of sp³-hybridized carbons (Fsp3) is 0.133. The second kappa shape index (κ2) is 5.94. The van der Waals surface area contributed by atoms with Gasteiger partial charge in [0.1, 0.15) is 11.4 Å². The van der Waals surface area contributed by atoms with Gasteiger partial charge in [-0.2, -0.15) is 0 Å². The highest BCUT2D eigenvalue weighted by Crippen LogP contribution is 2.38. The Bertz CT molecular complexity index is 1040. The predicted octanol–water partition coefficient (Wildman–Crippen LogP) is 3.02. The molecule has 2 aromatic carbocycles. The minimum absolute atomic E-state index is 0.00996. The summed E-state index contributed by atoms with van der Waals surface area (Å²) in [5.41, 5.74) is -0.547. The summed E-state index contributed by atoms with van der Waals surface area (Å²) in [5, 5.41) is 9.82. The number of hydrogen-bond donors (Lipinski definition) is 2. The molecule has 0 atom stereocenters. The smallest absolute Gasteiger partial charge is 0.268 e. The standard InChI is InChI=1S/C15H8F5NO4S/c16-9-10(17)12(19)15(13(20)11(9)18)26(24,25)21-14-7(23)4-2-5-1-3-6(22)8(5)14/h2,4,21,23H,1,3H2. The number of phenolic OH excluding ortho intramolecular Hbond substituents is 1. The number of benzene rings is 2. The monoisotopic (exact) mass is 393 g/mol. The number of Topliss-reactive ketones (excluding diaryl/α,β-unsaturated/α-hetero) is 1. The van der Waals surface area contributed by atoms with E-state index in [9.17, 15) is 40.3 Å². The fourth-order valence-corrected chi connectivity index (χ4v) is 3.87. The minimum Gasteiger partial charge on any atom is -0.506 e. The number of fused-ring (bicyclic) bond motifs is 1. The van der Waals surface area contributed by atoms with Gasteiger partial charge in [0.15, 0.2) is 33.9 Å². The highest BCUT2D eigenvalue weighted by Gasteiger charge is 2.35. The number of nitrogens with one attached hydrogen (secondary N) is 1. The van der Waals surface area contributed by atoms with Crippen LogP contribution in [0.4, 0.5) is 27.6 Å². The van der Waals surface area contributed by atoms with E-state index >= 15 is 0 Å². The molecule has 0 saturated carbocycles. The van der Waals surface area contributed by atoms with Gasteiger partial charge in [-0.15, -0.1) is 0 Å². The molecule has 0 amide bonds. The van der Waals surface area contributed by atoms with Crippen molar-refractivity contribution in [1.29, 1.82) is 0 Å². The molecule has 0 aromatic heterocycles. The number of aromatic hydroxyl groups is 1. The van der Waals surface area contributed by atoms with Gasteiger partial charge in [-0.25, -0.2) is 30.4 Å². The first-order valence-corrected chi connectivity index (χ1v) is 8.47. The van der Waals surface area contributed by atoms with Gasteiger partial charge in [-0.1, -0.05) is 6.07 Å². The summed E-state index contributed by atoms with van der Waals surface area (Å²) >= 11 is 0. The number of rotatable bonds is 3. The number of carbonyl (C=O) groups is 1. The van der Waals surface area contributed by atoms with Crippen LogP contribution in [0.5, 0.6) is 5.75 Å². The lowest BCUT2D eigenvalue weighted by molar-refractivity contribution is 0.0995. The first-order valence-electron chi connectivity index (χ1n) is 6.98. The Hall–Kier alpha value is -2.69. The molecule has 0 spiro atoms. The number of phenols is 1. The molecule has 2 N–H and O–H groups in total. The lowest BCUT2D eigenvalue weighted by Crippen LogP contribution is -2.20. The van der Waals surface area contributed by atoms with Gasteiger partial charge >= 0.3 is 0 Å². The highest BCUT2D eigenvalue weighted by molar-refractivity contribution is 7.92. The maximum atomic E-state index is 13.8. The average Bonchev–Trinajstić information content (AvgIpc) is 2.95. The van der Waals surface area contributed by atoms with Crippen molar-refractivity contribution < 1.29 is 40.3 Å². The summed E-state index contributed by atoms with van der Waals surface area (Å²) in [6.07, 6.45) is 0.252. The summed E-state index contributed by atoms with van der Waals surface area (Å²) in [6.45, 7) is 0. The lowest BCUT2D eigenvalue weighted by atomic mass is 10.1. The van der Waals surface area contributed by atoms with E-state index in [0.29, 0.717) is 5.56 Å². The SMILES string of the molecule is O=C1CCc2ccc(O)c(NS(=O)(=O)c3c(F)c(F)c(F)c(F)c3F)c21. The van der Waals surface area contributed by atoms with E-state index in [0.717, 1.165) is 6.07 Å². The van der Waals surface area contributed by atoms with E-state index in [1.54, 1.807) is 4.72 Å². The zero-order chi connectivity index (χ0) is 19.4. The van der Waals surface area contributed by atoms with Gasteiger partial charge in [0, 0.05) is 12.0 Å². The molecule has 5 nitrogen and oxygen atoms in total. The number of ketones is 1. The van der Waals surface area contributed by atoms with Gasteiger partial charge in [-0.05, 0) is 18.1 Å². The van der Waals surface area contributed by atoms with Crippen molar-refractivity contribution >= 4 is 21.5 Å². The lowest BCUT2D eigenvalue weighted by Gasteiger charge is -2.14. The van der Waals surface area contributed by atoms with Crippen molar-refractivity contribution in [3.8, 4) is 5.75 Å². The first-order chi connectivity index (χ1) is 12.1. The molecule has 1 aliphatic carbocycles. The van der Waals surface area contributed by atoms with Gasteiger partial charge in [-0.3, -0.25) is 9.52 Å². The van der Waals surface area contributed by atoms with Gasteiger partial charge in [0.05, 0.1) is 0 Å². The van der Waals surface area contributed by atoms with Gasteiger partial charge < -0.3 is 5.11 Å². The third-order valence-corrected chi connectivity index (χ3v) is 5.21. The zero-order valence-electron chi connectivity index (χ0n) is 12.5. The van der Waals surface area contributed by atoms with E-state index in [-0.39, 0.29) is 18.4 Å². The van der Waals surface area contributed by atoms with Crippen LogP contribution in [0.1, 0.15) is 22.3 Å². The summed E-state index contributed by atoms with van der Waals surface area (Å²) in [5.74, 6) is -13.8. The molecule has 3 rings (SSSR count). The van der Waals surface area contributed by atoms with Crippen LogP contribution in [0.3, 0.4) is 0 Å². The number of aryl methyl sites for hydroxylation is 1. The molecule has 138 valence electrons. The minimum atomic E-state index is -5.36. The van der Waals surface area contributed by atoms with E-state index in [1.807, 2.05) is 0 Å². The number of hydrogen-bond acceptors (Lipinski definition) is 4. The predicted molar refractivity (Wildman–Crippen MR) is 77.8 cm³/mol. The molecule has 26 heavy (non-hydrogen) atoms. The van der Waals surface area contributed by atoms with Crippen LogP contribution in [0.25, 0.3) is 0 Å². The van der Waals surface area contributed by atoms with Crippen LogP contribution < -0.4 is 4.72 Å². The molecule has 0 aliphatic heterocycles. The van der Waals surface area contributed by atoms with Crippen molar-refractivity contribution in [3.05, 3.63) is 52.3 Å². The molecular formula is C15H8F5NO4S. The van der Waals surface area contributed by atoms with Crippen molar-refractivity contribution in [1.82, 2.24) is 0 Å². The Labute approximate surface area is 143 Å². The van der Waals surface area contributed by atoms with Gasteiger partial charge in [0.25, 0.3) is 10.0 Å². The molecule has 2 aromatic rings. The first kappa shape index (κ1) is 18.1. The molecule has 0 saturated heterocycles. The zero-order valence-corrected chi connectivity index (χ0v) is 13.4. The van der Waals surface area contributed by atoms with Crippen LogP contribution in [0.2, 0.25) is 0 Å². The Kier molecular flexibility index (Phi) is 4.14. The maximum Gasteiger partial charge on any atom is 0.268 e. The molecule has 1 aliphatic rings. The summed E-state index contributed by atoms with van der Waals surface area (Å²) in [6, 6.07) is 2.39. The number of sulfonamides is 1. The normalized spacial score (nSPS) is 13.8. The van der Waals surface area contributed by atoms with Crippen LogP contribution in [-0.2, 0) is 16.4 Å². The molecule has 0 unspecified atom stereocenters. The van der Waals surface area contributed by atoms with E-state index in [2.05, 4.69) is 0 Å². The summed E-state index contributed by atoms with van der Waals surface area (Å²) < 4.78 is 93.2. The van der Waals surface area contributed by atoms with Crippen LogP contribution in [0.15, 0.2) is 17.0 Å². The van der Waals surface area contributed by atoms with E-state index in [4.69, 9.17) is 0 Å². The van der Waals surface area contributed by atoms with Crippen LogP contribution in [-0.4, -0.2) is 19.3 Å². The maximum absolute atomic E-state index is 13.8. The van der Waals surface area contributed by atoms with E-state index in [1.165, 1.54) is 6.07 Å². The number of carbonyl (C=O) groups excluding carboxylic acids is 1. The Morgan fingerprint density at radius 1 is 0.885 bits per heavy atom. The summed E-state index contributed by atoms with van der Waals surface area (Å²) in [7, 11) is -5.36. The third-order valence-electron chi connectivity index (χ3n) is 3.84. The van der Waals surface area contributed by atoms with Crippen LogP contribution >= 0.6 is 0 Å². The molecule has 0 radical (unpaired) electrons.